The summed E-state index contributed by atoms with van der Waals surface area (Å²) in [5.74, 6) is 0.0788. The molecule has 6 heteroatoms. The molecule has 2 N–H and O–H groups in total. The molecule has 0 aromatic carbocycles. The van der Waals surface area contributed by atoms with Gasteiger partial charge in [0.25, 0.3) is 0 Å². The Morgan fingerprint density at radius 3 is 3.00 bits per heavy atom. The van der Waals surface area contributed by atoms with Crippen LogP contribution in [0.25, 0.3) is 0 Å². The van der Waals surface area contributed by atoms with Gasteiger partial charge in [-0.25, -0.2) is 0 Å². The second-order valence-corrected chi connectivity index (χ2v) is 4.66. The maximum absolute atomic E-state index is 11.5. The van der Waals surface area contributed by atoms with E-state index in [-0.39, 0.29) is 5.91 Å². The van der Waals surface area contributed by atoms with Gasteiger partial charge in [-0.3, -0.25) is 4.79 Å². The van der Waals surface area contributed by atoms with E-state index in [1.54, 1.807) is 0 Å². The number of amides is 1. The van der Waals surface area contributed by atoms with Gasteiger partial charge in [0, 0.05) is 18.0 Å². The Balaban J connectivity index is 1.60. The Kier molecular flexibility index (Phi) is 4.24. The molecular weight excluding hydrogens is 224 g/mol. The molecule has 16 heavy (non-hydrogen) atoms. The van der Waals surface area contributed by atoms with Crippen molar-refractivity contribution in [1.82, 2.24) is 20.2 Å². The quantitative estimate of drug-likeness (QED) is 0.794. The molecular formula is C10H16N4OS. The fraction of sp³-hybridized carbons (Fsp3) is 0.700. The summed E-state index contributed by atoms with van der Waals surface area (Å²) in [5, 5.41) is 11.8. The van der Waals surface area contributed by atoms with Gasteiger partial charge in [0.2, 0.25) is 5.91 Å². The standard InChI is InChI=1S/C10H16N4OS/c15-10(12-8-3-1-2-4-8)6-11-5-9-7-16-14-13-9/h7-8,11H,1-6H2,(H,12,15). The first-order valence-corrected chi connectivity index (χ1v) is 6.44. The monoisotopic (exact) mass is 240 g/mol. The summed E-state index contributed by atoms with van der Waals surface area (Å²) in [6, 6.07) is 0.398. The van der Waals surface area contributed by atoms with E-state index < -0.39 is 0 Å². The maximum atomic E-state index is 11.5. The zero-order chi connectivity index (χ0) is 11.2. The molecule has 1 heterocycles. The first-order chi connectivity index (χ1) is 7.84. The van der Waals surface area contributed by atoms with Crippen molar-refractivity contribution >= 4 is 17.4 Å². The minimum Gasteiger partial charge on any atom is -0.352 e. The molecule has 1 saturated carbocycles. The second kappa shape index (κ2) is 5.91. The SMILES string of the molecule is O=C(CNCc1csnn1)NC1CCCC1. The molecule has 1 aromatic heterocycles. The lowest BCUT2D eigenvalue weighted by atomic mass is 10.2. The number of aromatic nitrogens is 2. The van der Waals surface area contributed by atoms with Crippen LogP contribution in [0.3, 0.4) is 0 Å². The average Bonchev–Trinajstić information content (AvgIpc) is 2.90. The van der Waals surface area contributed by atoms with Crippen molar-refractivity contribution in [3.8, 4) is 0 Å². The fourth-order valence-electron chi connectivity index (χ4n) is 1.91. The Hall–Kier alpha value is -1.01. The number of hydrogen-bond acceptors (Lipinski definition) is 5. The third-order valence-electron chi connectivity index (χ3n) is 2.72. The van der Waals surface area contributed by atoms with E-state index in [1.807, 2.05) is 5.38 Å². The molecule has 5 nitrogen and oxygen atoms in total. The molecule has 88 valence electrons. The van der Waals surface area contributed by atoms with Gasteiger partial charge in [-0.15, -0.1) is 5.10 Å². The van der Waals surface area contributed by atoms with E-state index in [1.165, 1.54) is 24.4 Å². The zero-order valence-electron chi connectivity index (χ0n) is 9.11. The largest absolute Gasteiger partial charge is 0.352 e. The molecule has 1 aliphatic carbocycles. The van der Waals surface area contributed by atoms with E-state index in [2.05, 4.69) is 20.2 Å². The summed E-state index contributed by atoms with van der Waals surface area (Å²) >= 11 is 1.32. The summed E-state index contributed by atoms with van der Waals surface area (Å²) in [6.45, 7) is 0.961. The van der Waals surface area contributed by atoms with Crippen molar-refractivity contribution in [2.24, 2.45) is 0 Å². The van der Waals surface area contributed by atoms with Gasteiger partial charge in [-0.05, 0) is 24.4 Å². The lowest BCUT2D eigenvalue weighted by Gasteiger charge is -2.11. The molecule has 1 aliphatic rings. The summed E-state index contributed by atoms with van der Waals surface area (Å²) in [7, 11) is 0. The predicted octanol–water partition coefficient (Wildman–Crippen LogP) is 0.686. The molecule has 0 bridgehead atoms. The van der Waals surface area contributed by atoms with Crippen LogP contribution in [0.1, 0.15) is 31.4 Å². The first-order valence-electron chi connectivity index (χ1n) is 5.60. The van der Waals surface area contributed by atoms with Gasteiger partial charge < -0.3 is 10.6 Å². The van der Waals surface area contributed by atoms with Gasteiger partial charge in [0.1, 0.15) is 0 Å². The Bertz CT molecular complexity index is 322. The van der Waals surface area contributed by atoms with Crippen molar-refractivity contribution in [2.45, 2.75) is 38.3 Å². The molecule has 0 atom stereocenters. The third kappa shape index (κ3) is 3.53. The molecule has 1 aromatic rings. The Morgan fingerprint density at radius 2 is 2.31 bits per heavy atom. The van der Waals surface area contributed by atoms with Crippen LogP contribution in [0.4, 0.5) is 0 Å². The molecule has 0 radical (unpaired) electrons. The van der Waals surface area contributed by atoms with E-state index >= 15 is 0 Å². The van der Waals surface area contributed by atoms with Gasteiger partial charge in [-0.1, -0.05) is 17.3 Å². The van der Waals surface area contributed by atoms with Crippen molar-refractivity contribution in [3.63, 3.8) is 0 Å². The van der Waals surface area contributed by atoms with Crippen molar-refractivity contribution < 1.29 is 4.79 Å². The number of nitrogens with one attached hydrogen (secondary N) is 2. The second-order valence-electron chi connectivity index (χ2n) is 4.05. The lowest BCUT2D eigenvalue weighted by Crippen LogP contribution is -2.38. The molecule has 1 amide bonds. The van der Waals surface area contributed by atoms with Crippen LogP contribution in [0.5, 0.6) is 0 Å². The smallest absolute Gasteiger partial charge is 0.234 e. The van der Waals surface area contributed by atoms with Crippen LogP contribution in [0.15, 0.2) is 5.38 Å². The van der Waals surface area contributed by atoms with E-state index in [9.17, 15) is 4.79 Å². The minimum absolute atomic E-state index is 0.0788. The van der Waals surface area contributed by atoms with Crippen molar-refractivity contribution in [2.75, 3.05) is 6.54 Å². The number of hydrogen-bond donors (Lipinski definition) is 2. The highest BCUT2D eigenvalue weighted by atomic mass is 32.1. The van der Waals surface area contributed by atoms with Gasteiger partial charge >= 0.3 is 0 Å². The van der Waals surface area contributed by atoms with E-state index in [0.29, 0.717) is 19.1 Å². The Morgan fingerprint density at radius 1 is 1.50 bits per heavy atom. The number of carbonyl (C=O) groups is 1. The van der Waals surface area contributed by atoms with Gasteiger partial charge in [0.15, 0.2) is 0 Å². The Labute approximate surface area is 98.8 Å². The van der Waals surface area contributed by atoms with E-state index in [4.69, 9.17) is 0 Å². The van der Waals surface area contributed by atoms with Gasteiger partial charge in [0.05, 0.1) is 12.2 Å². The number of carbonyl (C=O) groups excluding carboxylic acids is 1. The number of rotatable bonds is 5. The number of nitrogens with zero attached hydrogens (tertiary/aromatic N) is 2. The highest BCUT2D eigenvalue weighted by Crippen LogP contribution is 2.17. The van der Waals surface area contributed by atoms with Gasteiger partial charge in [-0.2, -0.15) is 0 Å². The summed E-state index contributed by atoms with van der Waals surface area (Å²) in [6.07, 6.45) is 4.73. The molecule has 0 spiro atoms. The topological polar surface area (TPSA) is 66.9 Å². The normalized spacial score (nSPS) is 16.5. The van der Waals surface area contributed by atoms with Crippen LogP contribution in [-0.2, 0) is 11.3 Å². The summed E-state index contributed by atoms with van der Waals surface area (Å²) < 4.78 is 3.75. The van der Waals surface area contributed by atoms with E-state index in [0.717, 1.165) is 18.5 Å². The highest BCUT2D eigenvalue weighted by Gasteiger charge is 2.16. The zero-order valence-corrected chi connectivity index (χ0v) is 9.92. The fourth-order valence-corrected chi connectivity index (χ4v) is 2.37. The maximum Gasteiger partial charge on any atom is 0.234 e. The molecule has 0 unspecified atom stereocenters. The van der Waals surface area contributed by atoms with Crippen LogP contribution in [0, 0.1) is 0 Å². The van der Waals surface area contributed by atoms with Crippen LogP contribution in [-0.4, -0.2) is 28.1 Å². The average molecular weight is 240 g/mol. The van der Waals surface area contributed by atoms with Crippen molar-refractivity contribution in [3.05, 3.63) is 11.1 Å². The summed E-state index contributed by atoms with van der Waals surface area (Å²) in [4.78, 5) is 11.5. The predicted molar refractivity (Wildman–Crippen MR) is 62.0 cm³/mol. The molecule has 1 fully saturated rings. The lowest BCUT2D eigenvalue weighted by molar-refractivity contribution is -0.120. The summed E-state index contributed by atoms with van der Waals surface area (Å²) in [5.41, 5.74) is 0.888. The molecule has 0 aliphatic heterocycles. The van der Waals surface area contributed by atoms with Crippen LogP contribution in [0.2, 0.25) is 0 Å². The highest BCUT2D eigenvalue weighted by molar-refractivity contribution is 7.03. The van der Waals surface area contributed by atoms with Crippen LogP contribution < -0.4 is 10.6 Å². The minimum atomic E-state index is 0.0788. The van der Waals surface area contributed by atoms with Crippen LogP contribution >= 0.6 is 11.5 Å². The molecule has 0 saturated heterocycles. The van der Waals surface area contributed by atoms with Crippen molar-refractivity contribution in [1.29, 1.82) is 0 Å². The third-order valence-corrected chi connectivity index (χ3v) is 3.27. The first kappa shape index (κ1) is 11.5. The molecule has 2 rings (SSSR count).